The number of ether oxygens (including phenoxy) is 1. The number of hydrogen-bond acceptors (Lipinski definition) is 4. The molecule has 0 unspecified atom stereocenters. The van der Waals surface area contributed by atoms with Crippen molar-refractivity contribution < 1.29 is 4.74 Å². The minimum absolute atomic E-state index is 0.178. The minimum atomic E-state index is 0.178. The Morgan fingerprint density at radius 1 is 1.32 bits per heavy atom. The Bertz CT molecular complexity index is 401. The number of rotatable bonds is 6. The second-order valence-corrected chi connectivity index (χ2v) is 5.27. The first-order valence-electron chi connectivity index (χ1n) is 7.02. The summed E-state index contributed by atoms with van der Waals surface area (Å²) in [6, 6.07) is 7.61. The molecule has 0 N–H and O–H groups in total. The normalized spacial score (nSPS) is 17.3. The van der Waals surface area contributed by atoms with Crippen LogP contribution in [0, 0.1) is 10.8 Å². The van der Waals surface area contributed by atoms with E-state index in [4.69, 9.17) is 4.74 Å². The van der Waals surface area contributed by atoms with Crippen molar-refractivity contribution >= 4 is 0 Å². The van der Waals surface area contributed by atoms with Gasteiger partial charge in [-0.25, -0.2) is 0 Å². The van der Waals surface area contributed by atoms with Crippen LogP contribution in [0.4, 0.5) is 0 Å². The van der Waals surface area contributed by atoms with Crippen LogP contribution in [-0.2, 0) is 6.54 Å². The van der Waals surface area contributed by atoms with Gasteiger partial charge in [0.15, 0.2) is 0 Å². The predicted octanol–water partition coefficient (Wildman–Crippen LogP) is 3.06. The van der Waals surface area contributed by atoms with Crippen LogP contribution in [0.3, 0.4) is 0 Å². The van der Waals surface area contributed by atoms with Crippen LogP contribution in [0.2, 0.25) is 0 Å². The molecule has 2 rings (SSSR count). The number of benzene rings is 1. The van der Waals surface area contributed by atoms with Gasteiger partial charge in [0.1, 0.15) is 18.9 Å². The zero-order chi connectivity index (χ0) is 13.5. The van der Waals surface area contributed by atoms with Crippen molar-refractivity contribution in [3.05, 3.63) is 34.7 Å². The molecule has 0 amide bonds. The molecule has 0 radical (unpaired) electrons. The number of nitroso groups, excluding NO2 is 1. The Morgan fingerprint density at radius 3 is 2.79 bits per heavy atom. The summed E-state index contributed by atoms with van der Waals surface area (Å²) in [5, 5.41) is 2.93. The zero-order valence-electron chi connectivity index (χ0n) is 11.5. The molecule has 1 fully saturated rings. The van der Waals surface area contributed by atoms with Gasteiger partial charge in [0.2, 0.25) is 0 Å². The van der Waals surface area contributed by atoms with E-state index in [-0.39, 0.29) is 6.54 Å². The van der Waals surface area contributed by atoms with Crippen molar-refractivity contribution in [1.82, 2.24) is 4.90 Å². The first-order valence-corrected chi connectivity index (χ1v) is 7.02. The van der Waals surface area contributed by atoms with Crippen molar-refractivity contribution in [3.8, 4) is 5.75 Å². The van der Waals surface area contributed by atoms with E-state index in [0.29, 0.717) is 6.61 Å². The van der Waals surface area contributed by atoms with Gasteiger partial charge in [-0.05, 0) is 37.9 Å². The minimum Gasteiger partial charge on any atom is -0.492 e. The van der Waals surface area contributed by atoms with E-state index in [1.54, 1.807) is 0 Å². The molecule has 0 atom stereocenters. The van der Waals surface area contributed by atoms with Crippen molar-refractivity contribution in [2.24, 2.45) is 11.1 Å². The molecule has 1 saturated heterocycles. The van der Waals surface area contributed by atoms with E-state index in [2.05, 4.69) is 17.0 Å². The number of para-hydroxylation sites is 1. The molecule has 1 aliphatic heterocycles. The lowest BCUT2D eigenvalue weighted by Gasteiger charge is -2.30. The van der Waals surface area contributed by atoms with Crippen molar-refractivity contribution in [3.63, 3.8) is 0 Å². The van der Waals surface area contributed by atoms with Gasteiger partial charge in [-0.15, -0.1) is 0 Å². The van der Waals surface area contributed by atoms with Gasteiger partial charge in [-0.3, -0.25) is 4.90 Å². The summed E-state index contributed by atoms with van der Waals surface area (Å²) in [6.07, 6.45) is 2.57. The van der Waals surface area contributed by atoms with Gasteiger partial charge in [-0.2, -0.15) is 4.91 Å². The van der Waals surface area contributed by atoms with Gasteiger partial charge in [0, 0.05) is 12.1 Å². The summed E-state index contributed by atoms with van der Waals surface area (Å²) < 4.78 is 5.78. The van der Waals surface area contributed by atoms with Crippen LogP contribution in [0.1, 0.15) is 25.3 Å². The molecule has 19 heavy (non-hydrogen) atoms. The molecule has 0 spiro atoms. The first kappa shape index (κ1) is 14.0. The molecular formula is C15H22N2O2. The second-order valence-electron chi connectivity index (χ2n) is 5.27. The van der Waals surface area contributed by atoms with Crippen LogP contribution in [0.5, 0.6) is 5.75 Å². The fraction of sp³-hybridized carbons (Fsp3) is 0.600. The topological polar surface area (TPSA) is 41.9 Å². The average Bonchev–Trinajstić information content (AvgIpc) is 2.43. The van der Waals surface area contributed by atoms with Crippen LogP contribution >= 0.6 is 0 Å². The summed E-state index contributed by atoms with van der Waals surface area (Å²) in [7, 11) is 0. The third kappa shape index (κ3) is 4.31. The Hall–Kier alpha value is -1.42. The van der Waals surface area contributed by atoms with Crippen LogP contribution in [-0.4, -0.2) is 31.1 Å². The molecule has 1 aliphatic rings. The summed E-state index contributed by atoms with van der Waals surface area (Å²) in [6.45, 7) is 6.46. The smallest absolute Gasteiger partial charge is 0.124 e. The number of likely N-dealkylation sites (tertiary alicyclic amines) is 1. The van der Waals surface area contributed by atoms with Gasteiger partial charge in [0.25, 0.3) is 0 Å². The maximum absolute atomic E-state index is 10.4. The zero-order valence-corrected chi connectivity index (χ0v) is 11.5. The Labute approximate surface area is 114 Å². The molecule has 1 heterocycles. The monoisotopic (exact) mass is 262 g/mol. The molecule has 0 aliphatic carbocycles. The van der Waals surface area contributed by atoms with E-state index in [9.17, 15) is 4.91 Å². The Balaban J connectivity index is 1.77. The Morgan fingerprint density at radius 2 is 2.05 bits per heavy atom. The maximum atomic E-state index is 10.4. The summed E-state index contributed by atoms with van der Waals surface area (Å²) in [4.78, 5) is 12.8. The first-order chi connectivity index (χ1) is 9.29. The van der Waals surface area contributed by atoms with E-state index in [1.807, 2.05) is 24.3 Å². The van der Waals surface area contributed by atoms with Crippen molar-refractivity contribution in [2.75, 3.05) is 26.2 Å². The summed E-state index contributed by atoms with van der Waals surface area (Å²) in [5.74, 6) is 1.64. The lowest BCUT2D eigenvalue weighted by Crippen LogP contribution is -2.35. The quantitative estimate of drug-likeness (QED) is 0.740. The van der Waals surface area contributed by atoms with Crippen LogP contribution in [0.15, 0.2) is 29.4 Å². The van der Waals surface area contributed by atoms with Gasteiger partial charge in [0.05, 0.1) is 0 Å². The molecule has 104 valence electrons. The molecule has 0 bridgehead atoms. The molecular weight excluding hydrogens is 240 g/mol. The lowest BCUT2D eigenvalue weighted by molar-refractivity contribution is 0.160. The predicted molar refractivity (Wildman–Crippen MR) is 76.3 cm³/mol. The van der Waals surface area contributed by atoms with Crippen LogP contribution in [0.25, 0.3) is 0 Å². The lowest BCUT2D eigenvalue weighted by atomic mass is 9.99. The average molecular weight is 262 g/mol. The molecule has 4 heteroatoms. The molecule has 0 aromatic heterocycles. The van der Waals surface area contributed by atoms with Crippen molar-refractivity contribution in [2.45, 2.75) is 26.3 Å². The third-order valence-corrected chi connectivity index (χ3v) is 3.75. The van der Waals surface area contributed by atoms with Gasteiger partial charge >= 0.3 is 0 Å². The third-order valence-electron chi connectivity index (χ3n) is 3.75. The van der Waals surface area contributed by atoms with Crippen LogP contribution < -0.4 is 4.74 Å². The van der Waals surface area contributed by atoms with E-state index < -0.39 is 0 Å². The van der Waals surface area contributed by atoms with E-state index >= 15 is 0 Å². The largest absolute Gasteiger partial charge is 0.492 e. The number of hydrogen-bond donors (Lipinski definition) is 0. The Kier molecular flexibility index (Phi) is 5.33. The fourth-order valence-electron chi connectivity index (χ4n) is 2.42. The van der Waals surface area contributed by atoms with Gasteiger partial charge < -0.3 is 4.74 Å². The van der Waals surface area contributed by atoms with E-state index in [1.165, 1.54) is 25.9 Å². The van der Waals surface area contributed by atoms with Gasteiger partial charge in [-0.1, -0.05) is 30.3 Å². The molecule has 1 aromatic rings. The standard InChI is InChI=1S/C15H22N2O2/c1-13-6-8-17(9-7-13)10-11-19-15-5-3-2-4-14(15)12-16-18/h2-5,13H,6-12H2,1H3. The van der Waals surface area contributed by atoms with E-state index in [0.717, 1.165) is 23.8 Å². The fourth-order valence-corrected chi connectivity index (χ4v) is 2.42. The second kappa shape index (κ2) is 7.24. The molecule has 4 nitrogen and oxygen atoms in total. The SMILES string of the molecule is CC1CCN(CCOc2ccccc2CN=O)CC1. The highest BCUT2D eigenvalue weighted by Crippen LogP contribution is 2.19. The maximum Gasteiger partial charge on any atom is 0.124 e. The van der Waals surface area contributed by atoms with Crippen molar-refractivity contribution in [1.29, 1.82) is 0 Å². The molecule has 0 saturated carbocycles. The summed E-state index contributed by atoms with van der Waals surface area (Å²) >= 11 is 0. The highest BCUT2D eigenvalue weighted by atomic mass is 16.5. The summed E-state index contributed by atoms with van der Waals surface area (Å²) in [5.41, 5.74) is 0.866. The number of nitrogens with zero attached hydrogens (tertiary/aromatic N) is 2. The molecule has 1 aromatic carbocycles. The number of piperidine rings is 1. The highest BCUT2D eigenvalue weighted by molar-refractivity contribution is 5.33. The highest BCUT2D eigenvalue weighted by Gasteiger charge is 2.15.